The van der Waals surface area contributed by atoms with Crippen molar-refractivity contribution in [2.75, 3.05) is 44.2 Å². The van der Waals surface area contributed by atoms with E-state index in [9.17, 15) is 18.8 Å². The lowest BCUT2D eigenvalue weighted by atomic mass is 9.96. The average Bonchev–Trinajstić information content (AvgIpc) is 2.67. The predicted octanol–water partition coefficient (Wildman–Crippen LogP) is 0.198. The minimum atomic E-state index is -0.511. The molecule has 26 heavy (non-hydrogen) atoms. The Bertz CT molecular complexity index is 678. The van der Waals surface area contributed by atoms with Crippen molar-refractivity contribution in [2.24, 2.45) is 11.7 Å². The highest BCUT2D eigenvalue weighted by atomic mass is 19.1. The minimum Gasteiger partial charge on any atom is -0.369 e. The Morgan fingerprint density at radius 1 is 0.846 bits per heavy atom. The summed E-state index contributed by atoms with van der Waals surface area (Å²) >= 11 is 0. The maximum atomic E-state index is 13.0. The Morgan fingerprint density at radius 2 is 1.35 bits per heavy atom. The number of nitrogens with two attached hydrogens (primary N) is 1. The van der Waals surface area contributed by atoms with E-state index < -0.39 is 11.8 Å². The number of amides is 3. The number of piperazine rings is 1. The van der Waals surface area contributed by atoms with E-state index in [-0.39, 0.29) is 17.6 Å². The Kier molecular flexibility index (Phi) is 5.39. The van der Waals surface area contributed by atoms with Crippen molar-refractivity contribution in [3.8, 4) is 0 Å². The number of nitrogens with zero attached hydrogens (tertiary/aromatic N) is 3. The van der Waals surface area contributed by atoms with E-state index in [1.165, 1.54) is 17.0 Å². The van der Waals surface area contributed by atoms with Crippen molar-refractivity contribution in [3.63, 3.8) is 0 Å². The number of carbonyl (C=O) groups excluding carboxylic acids is 3. The quantitative estimate of drug-likeness (QED) is 0.762. The molecule has 2 fully saturated rings. The molecule has 3 amide bonds. The molecule has 8 heteroatoms. The normalized spacial score (nSPS) is 18.7. The van der Waals surface area contributed by atoms with Crippen LogP contribution in [0.1, 0.15) is 12.8 Å². The summed E-state index contributed by atoms with van der Waals surface area (Å²) in [5.74, 6) is -1.86. The van der Waals surface area contributed by atoms with Crippen LogP contribution in [0.5, 0.6) is 0 Å². The molecule has 1 aromatic carbocycles. The van der Waals surface area contributed by atoms with Gasteiger partial charge in [-0.2, -0.15) is 0 Å². The summed E-state index contributed by atoms with van der Waals surface area (Å²) in [6.07, 6.45) is 1.01. The van der Waals surface area contributed by atoms with Crippen LogP contribution in [0, 0.1) is 11.7 Å². The van der Waals surface area contributed by atoms with Gasteiger partial charge in [0.1, 0.15) is 5.82 Å². The number of likely N-dealkylation sites (tertiary alicyclic amines) is 1. The molecule has 0 saturated carbocycles. The molecule has 2 heterocycles. The second kappa shape index (κ2) is 7.72. The lowest BCUT2D eigenvalue weighted by Crippen LogP contribution is -2.54. The van der Waals surface area contributed by atoms with Crippen molar-refractivity contribution >= 4 is 23.4 Å². The van der Waals surface area contributed by atoms with Crippen LogP contribution in [-0.2, 0) is 14.4 Å². The summed E-state index contributed by atoms with van der Waals surface area (Å²) in [6, 6.07) is 6.24. The van der Waals surface area contributed by atoms with Gasteiger partial charge in [0.15, 0.2) is 0 Å². The second-order valence-corrected chi connectivity index (χ2v) is 6.72. The van der Waals surface area contributed by atoms with E-state index in [1.54, 1.807) is 17.0 Å². The van der Waals surface area contributed by atoms with Gasteiger partial charge in [-0.15, -0.1) is 0 Å². The van der Waals surface area contributed by atoms with Crippen molar-refractivity contribution in [3.05, 3.63) is 30.1 Å². The fraction of sp³-hybridized carbons (Fsp3) is 0.500. The van der Waals surface area contributed by atoms with Crippen LogP contribution in [0.15, 0.2) is 24.3 Å². The molecule has 0 aromatic heterocycles. The van der Waals surface area contributed by atoms with E-state index >= 15 is 0 Å². The Balaban J connectivity index is 1.51. The average molecular weight is 362 g/mol. The molecule has 140 valence electrons. The Morgan fingerprint density at radius 3 is 1.85 bits per heavy atom. The van der Waals surface area contributed by atoms with E-state index in [0.29, 0.717) is 52.1 Å². The van der Waals surface area contributed by atoms with Crippen LogP contribution in [-0.4, -0.2) is 66.8 Å². The summed E-state index contributed by atoms with van der Waals surface area (Å²) in [5, 5.41) is 0. The SMILES string of the molecule is NC(=O)C1CCN(C(=O)C(=O)N2CCN(c3ccc(F)cc3)CC2)CC1. The fourth-order valence-corrected chi connectivity index (χ4v) is 3.46. The van der Waals surface area contributed by atoms with Crippen molar-refractivity contribution in [1.82, 2.24) is 9.80 Å². The molecule has 0 atom stereocenters. The molecule has 2 aliphatic rings. The molecule has 0 spiro atoms. The highest BCUT2D eigenvalue weighted by Gasteiger charge is 2.32. The first kappa shape index (κ1) is 18.2. The number of benzene rings is 1. The molecule has 0 aliphatic carbocycles. The van der Waals surface area contributed by atoms with Crippen LogP contribution in [0.25, 0.3) is 0 Å². The third-order valence-electron chi connectivity index (χ3n) is 5.13. The molecule has 2 saturated heterocycles. The zero-order valence-corrected chi connectivity index (χ0v) is 14.6. The largest absolute Gasteiger partial charge is 0.369 e. The molecule has 3 rings (SSSR count). The van der Waals surface area contributed by atoms with Crippen LogP contribution in [0.3, 0.4) is 0 Å². The highest BCUT2D eigenvalue weighted by Crippen LogP contribution is 2.19. The van der Waals surface area contributed by atoms with Gasteiger partial charge in [0.2, 0.25) is 5.91 Å². The molecular weight excluding hydrogens is 339 g/mol. The smallest absolute Gasteiger partial charge is 0.312 e. The summed E-state index contributed by atoms with van der Waals surface area (Å²) in [5.41, 5.74) is 6.19. The van der Waals surface area contributed by atoms with E-state index in [0.717, 1.165) is 5.69 Å². The van der Waals surface area contributed by atoms with Crippen LogP contribution < -0.4 is 10.6 Å². The maximum absolute atomic E-state index is 13.0. The zero-order valence-electron chi connectivity index (χ0n) is 14.6. The predicted molar refractivity (Wildman–Crippen MR) is 93.7 cm³/mol. The van der Waals surface area contributed by atoms with Gasteiger partial charge in [0, 0.05) is 50.9 Å². The van der Waals surface area contributed by atoms with Gasteiger partial charge in [-0.3, -0.25) is 14.4 Å². The van der Waals surface area contributed by atoms with Gasteiger partial charge in [-0.1, -0.05) is 0 Å². The molecule has 1 aromatic rings. The third-order valence-corrected chi connectivity index (χ3v) is 5.13. The van der Waals surface area contributed by atoms with Gasteiger partial charge < -0.3 is 20.4 Å². The Labute approximate surface area is 151 Å². The number of hydrogen-bond donors (Lipinski definition) is 1. The number of carbonyl (C=O) groups is 3. The lowest BCUT2D eigenvalue weighted by molar-refractivity contribution is -0.153. The number of hydrogen-bond acceptors (Lipinski definition) is 4. The van der Waals surface area contributed by atoms with Crippen molar-refractivity contribution in [1.29, 1.82) is 0 Å². The van der Waals surface area contributed by atoms with Gasteiger partial charge in [-0.05, 0) is 37.1 Å². The monoisotopic (exact) mass is 362 g/mol. The van der Waals surface area contributed by atoms with Gasteiger partial charge in [0.25, 0.3) is 0 Å². The first-order valence-corrected chi connectivity index (χ1v) is 8.83. The van der Waals surface area contributed by atoms with Crippen LogP contribution in [0.2, 0.25) is 0 Å². The molecule has 0 unspecified atom stereocenters. The third kappa shape index (κ3) is 3.95. The zero-order chi connectivity index (χ0) is 18.7. The van der Waals surface area contributed by atoms with Crippen molar-refractivity contribution in [2.45, 2.75) is 12.8 Å². The molecule has 0 bridgehead atoms. The molecule has 2 N–H and O–H groups in total. The van der Waals surface area contributed by atoms with Crippen LogP contribution in [0.4, 0.5) is 10.1 Å². The molecule has 7 nitrogen and oxygen atoms in total. The summed E-state index contributed by atoms with van der Waals surface area (Å²) in [7, 11) is 0. The summed E-state index contributed by atoms with van der Waals surface area (Å²) in [6.45, 7) is 2.84. The highest BCUT2D eigenvalue weighted by molar-refractivity contribution is 6.35. The summed E-state index contributed by atoms with van der Waals surface area (Å²) in [4.78, 5) is 41.2. The standard InChI is InChI=1S/C18H23FN4O3/c19-14-1-3-15(4-2-14)21-9-11-23(12-10-21)18(26)17(25)22-7-5-13(6-8-22)16(20)24/h1-4,13H,5-12H2,(H2,20,24). The van der Waals surface area contributed by atoms with E-state index in [4.69, 9.17) is 5.73 Å². The maximum Gasteiger partial charge on any atom is 0.312 e. The number of piperidine rings is 1. The number of primary amides is 1. The van der Waals surface area contributed by atoms with E-state index in [1.807, 2.05) is 0 Å². The van der Waals surface area contributed by atoms with Gasteiger partial charge in [0.05, 0.1) is 0 Å². The Hall–Kier alpha value is -2.64. The molecular formula is C18H23FN4O3. The van der Waals surface area contributed by atoms with Crippen molar-refractivity contribution < 1.29 is 18.8 Å². The number of halogens is 1. The van der Waals surface area contributed by atoms with Gasteiger partial charge >= 0.3 is 11.8 Å². The minimum absolute atomic E-state index is 0.214. The second-order valence-electron chi connectivity index (χ2n) is 6.72. The number of rotatable bonds is 2. The molecule has 0 radical (unpaired) electrons. The van der Waals surface area contributed by atoms with Gasteiger partial charge in [-0.25, -0.2) is 4.39 Å². The topological polar surface area (TPSA) is 86.9 Å². The number of anilines is 1. The molecule has 2 aliphatic heterocycles. The van der Waals surface area contributed by atoms with Crippen LogP contribution >= 0.6 is 0 Å². The summed E-state index contributed by atoms with van der Waals surface area (Å²) < 4.78 is 13.0. The lowest BCUT2D eigenvalue weighted by Gasteiger charge is -2.37. The van der Waals surface area contributed by atoms with E-state index in [2.05, 4.69) is 4.90 Å². The fourth-order valence-electron chi connectivity index (χ4n) is 3.46. The first-order valence-electron chi connectivity index (χ1n) is 8.83. The first-order chi connectivity index (χ1) is 12.5.